The van der Waals surface area contributed by atoms with Gasteiger partial charge in [0.1, 0.15) is 11.5 Å². The lowest BCUT2D eigenvalue weighted by atomic mass is 10.1. The first-order chi connectivity index (χ1) is 18.3. The van der Waals surface area contributed by atoms with E-state index >= 15 is 0 Å². The standard InChI is InChI=1S/C29H17Cl2NO6/c30-24-13-9-19(15-25(24)31)32-27(34)22-12-8-18(14-23(22)28(32)35)29(36)37-16-26(33)17-6-10-21(11-7-17)38-20-4-2-1-3-5-20/h1-15H,16H2. The number of hydrogen-bond donors (Lipinski definition) is 0. The molecule has 0 N–H and O–H groups in total. The van der Waals surface area contributed by atoms with Gasteiger partial charge in [-0.2, -0.15) is 0 Å². The van der Waals surface area contributed by atoms with Crippen molar-refractivity contribution < 1.29 is 28.7 Å². The number of benzene rings is 4. The van der Waals surface area contributed by atoms with Gasteiger partial charge in [0.15, 0.2) is 12.4 Å². The van der Waals surface area contributed by atoms with Crippen molar-refractivity contribution in [2.75, 3.05) is 11.5 Å². The van der Waals surface area contributed by atoms with Crippen molar-refractivity contribution in [3.8, 4) is 11.5 Å². The zero-order valence-electron chi connectivity index (χ0n) is 19.5. The molecule has 0 spiro atoms. The topological polar surface area (TPSA) is 90.0 Å². The number of hydrogen-bond acceptors (Lipinski definition) is 6. The number of carbonyl (C=O) groups is 4. The fourth-order valence-corrected chi connectivity index (χ4v) is 4.15. The molecule has 7 nitrogen and oxygen atoms in total. The van der Waals surface area contributed by atoms with Gasteiger partial charge in [0, 0.05) is 5.56 Å². The van der Waals surface area contributed by atoms with Crippen LogP contribution in [-0.4, -0.2) is 30.2 Å². The van der Waals surface area contributed by atoms with Crippen LogP contribution in [-0.2, 0) is 4.74 Å². The number of carbonyl (C=O) groups excluding carboxylic acids is 4. The Morgan fingerprint density at radius 2 is 1.34 bits per heavy atom. The van der Waals surface area contributed by atoms with Crippen LogP contribution >= 0.6 is 23.2 Å². The lowest BCUT2D eigenvalue weighted by Crippen LogP contribution is -2.29. The molecule has 0 aromatic heterocycles. The van der Waals surface area contributed by atoms with E-state index in [1.165, 1.54) is 36.4 Å². The Bertz CT molecular complexity index is 1580. The number of amides is 2. The van der Waals surface area contributed by atoms with Gasteiger partial charge >= 0.3 is 5.97 Å². The molecule has 0 fully saturated rings. The van der Waals surface area contributed by atoms with Crippen molar-refractivity contribution >= 4 is 52.5 Å². The van der Waals surface area contributed by atoms with Gasteiger partial charge in [-0.05, 0) is 72.8 Å². The average Bonchev–Trinajstić information content (AvgIpc) is 3.18. The van der Waals surface area contributed by atoms with Gasteiger partial charge in [-0.1, -0.05) is 41.4 Å². The monoisotopic (exact) mass is 545 g/mol. The summed E-state index contributed by atoms with van der Waals surface area (Å²) in [5, 5.41) is 0.469. The van der Waals surface area contributed by atoms with Crippen LogP contribution in [0.4, 0.5) is 5.69 Å². The Morgan fingerprint density at radius 1 is 0.684 bits per heavy atom. The smallest absolute Gasteiger partial charge is 0.338 e. The van der Waals surface area contributed by atoms with Crippen LogP contribution in [0.15, 0.2) is 91.0 Å². The van der Waals surface area contributed by atoms with E-state index in [0.717, 1.165) is 4.90 Å². The molecule has 9 heteroatoms. The van der Waals surface area contributed by atoms with Crippen molar-refractivity contribution in [1.29, 1.82) is 0 Å². The normalized spacial score (nSPS) is 12.3. The lowest BCUT2D eigenvalue weighted by Gasteiger charge is -2.14. The summed E-state index contributed by atoms with van der Waals surface area (Å²) in [6.07, 6.45) is 0. The Labute approximate surface area is 227 Å². The summed E-state index contributed by atoms with van der Waals surface area (Å²) in [6, 6.07) is 24.0. The van der Waals surface area contributed by atoms with Crippen molar-refractivity contribution in [2.45, 2.75) is 0 Å². The van der Waals surface area contributed by atoms with Crippen LogP contribution < -0.4 is 9.64 Å². The second-order valence-electron chi connectivity index (χ2n) is 8.24. The Balaban J connectivity index is 1.24. The zero-order chi connectivity index (χ0) is 26.8. The molecule has 0 saturated carbocycles. The molecular formula is C29H17Cl2NO6. The first kappa shape index (κ1) is 25.2. The third-order valence-corrected chi connectivity index (χ3v) is 6.51. The number of halogens is 2. The van der Waals surface area contributed by atoms with E-state index in [1.54, 1.807) is 24.3 Å². The molecule has 0 bridgehead atoms. The molecule has 188 valence electrons. The molecule has 0 saturated heterocycles. The van der Waals surface area contributed by atoms with Crippen molar-refractivity contribution in [3.63, 3.8) is 0 Å². The van der Waals surface area contributed by atoms with Crippen LogP contribution in [0.5, 0.6) is 11.5 Å². The number of para-hydroxylation sites is 1. The highest BCUT2D eigenvalue weighted by Gasteiger charge is 2.37. The number of anilines is 1. The fourth-order valence-electron chi connectivity index (χ4n) is 3.86. The van der Waals surface area contributed by atoms with Crippen LogP contribution in [0.3, 0.4) is 0 Å². The summed E-state index contributed by atoms with van der Waals surface area (Å²) in [5.41, 5.74) is 0.786. The highest BCUT2D eigenvalue weighted by Crippen LogP contribution is 2.33. The average molecular weight is 546 g/mol. The van der Waals surface area contributed by atoms with Crippen LogP contribution in [0.2, 0.25) is 10.0 Å². The van der Waals surface area contributed by atoms with E-state index in [1.807, 2.05) is 30.3 Å². The summed E-state index contributed by atoms with van der Waals surface area (Å²) >= 11 is 12.0. The molecule has 4 aromatic rings. The van der Waals surface area contributed by atoms with Gasteiger partial charge < -0.3 is 9.47 Å². The maximum absolute atomic E-state index is 13.0. The first-order valence-corrected chi connectivity index (χ1v) is 12.1. The molecule has 0 unspecified atom stereocenters. The van der Waals surface area contributed by atoms with Gasteiger partial charge in [-0.3, -0.25) is 14.4 Å². The molecule has 1 aliphatic heterocycles. The second-order valence-corrected chi connectivity index (χ2v) is 9.06. The number of Topliss-reactive ketones (excluding diaryl/α,β-unsaturated/α-hetero) is 1. The third kappa shape index (κ3) is 5.02. The van der Waals surface area contributed by atoms with Crippen LogP contribution in [0.25, 0.3) is 0 Å². The van der Waals surface area contributed by atoms with Crippen molar-refractivity contribution in [2.24, 2.45) is 0 Å². The molecule has 0 radical (unpaired) electrons. The maximum atomic E-state index is 13.0. The quantitative estimate of drug-likeness (QED) is 0.147. The fraction of sp³-hybridized carbons (Fsp3) is 0.0345. The number of rotatable bonds is 7. The lowest BCUT2D eigenvalue weighted by molar-refractivity contribution is 0.0474. The van der Waals surface area contributed by atoms with Crippen molar-refractivity contribution in [3.05, 3.63) is 123 Å². The van der Waals surface area contributed by atoms with Crippen LogP contribution in [0.1, 0.15) is 41.4 Å². The summed E-state index contributed by atoms with van der Waals surface area (Å²) in [7, 11) is 0. The molecule has 5 rings (SSSR count). The van der Waals surface area contributed by atoms with Gasteiger partial charge in [0.25, 0.3) is 11.8 Å². The predicted octanol–water partition coefficient (Wildman–Crippen LogP) is 6.63. The number of fused-ring (bicyclic) bond motifs is 1. The van der Waals surface area contributed by atoms with E-state index < -0.39 is 30.2 Å². The summed E-state index contributed by atoms with van der Waals surface area (Å²) < 4.78 is 10.9. The van der Waals surface area contributed by atoms with E-state index in [0.29, 0.717) is 17.1 Å². The summed E-state index contributed by atoms with van der Waals surface area (Å²) in [4.78, 5) is 51.9. The SMILES string of the molecule is O=C(COC(=O)c1ccc2c(c1)C(=O)N(c1ccc(Cl)c(Cl)c1)C2=O)c1ccc(Oc2ccccc2)cc1. The Hall–Kier alpha value is -4.46. The van der Waals surface area contributed by atoms with E-state index in [2.05, 4.69) is 0 Å². The summed E-state index contributed by atoms with van der Waals surface area (Å²) in [5.74, 6) is -1.18. The molecule has 0 atom stereocenters. The van der Waals surface area contributed by atoms with Gasteiger partial charge in [0.05, 0.1) is 32.4 Å². The number of imide groups is 1. The van der Waals surface area contributed by atoms with Gasteiger partial charge in [-0.25, -0.2) is 9.69 Å². The van der Waals surface area contributed by atoms with E-state index in [9.17, 15) is 19.2 Å². The Morgan fingerprint density at radius 3 is 2.05 bits per heavy atom. The number of esters is 1. The maximum Gasteiger partial charge on any atom is 0.338 e. The second kappa shape index (κ2) is 10.5. The van der Waals surface area contributed by atoms with Crippen LogP contribution in [0, 0.1) is 0 Å². The minimum Gasteiger partial charge on any atom is -0.457 e. The Kier molecular flexibility index (Phi) is 6.96. The van der Waals surface area contributed by atoms with E-state index in [4.69, 9.17) is 32.7 Å². The highest BCUT2D eigenvalue weighted by molar-refractivity contribution is 6.42. The minimum atomic E-state index is -0.807. The largest absolute Gasteiger partial charge is 0.457 e. The van der Waals surface area contributed by atoms with Gasteiger partial charge in [-0.15, -0.1) is 0 Å². The third-order valence-electron chi connectivity index (χ3n) is 5.77. The van der Waals surface area contributed by atoms with Crippen molar-refractivity contribution in [1.82, 2.24) is 0 Å². The molecule has 4 aromatic carbocycles. The molecule has 1 aliphatic rings. The molecule has 1 heterocycles. The number of ether oxygens (including phenoxy) is 2. The zero-order valence-corrected chi connectivity index (χ0v) is 21.0. The number of nitrogens with zero attached hydrogens (tertiary/aromatic N) is 1. The minimum absolute atomic E-state index is 0.0281. The van der Waals surface area contributed by atoms with Gasteiger partial charge in [0.2, 0.25) is 0 Å². The highest BCUT2D eigenvalue weighted by atomic mass is 35.5. The molecule has 2 amide bonds. The molecule has 38 heavy (non-hydrogen) atoms. The first-order valence-electron chi connectivity index (χ1n) is 11.3. The predicted molar refractivity (Wildman–Crippen MR) is 142 cm³/mol. The summed E-state index contributed by atoms with van der Waals surface area (Å²) in [6.45, 7) is -0.503. The van der Waals surface area contributed by atoms with E-state index in [-0.39, 0.29) is 32.4 Å². The number of ketones is 1. The molecule has 0 aliphatic carbocycles. The molecular weight excluding hydrogens is 529 g/mol.